The minimum atomic E-state index is -2.14. The van der Waals surface area contributed by atoms with Crippen LogP contribution in [0.3, 0.4) is 0 Å². The fraction of sp³-hybridized carbons (Fsp3) is 0.417. The number of rotatable bonds is 5. The molecule has 0 aliphatic carbocycles. The van der Waals surface area contributed by atoms with Gasteiger partial charge in [0.2, 0.25) is 6.08 Å². The SMILES string of the molecule is [2H]C([2H])(N=C=O)c1ccc(OC([2H])([2H])C(C)C)cc1. The minimum Gasteiger partial charge on any atom is -0.493 e. The molecule has 0 aliphatic rings. The molecule has 0 fully saturated rings. The summed E-state index contributed by atoms with van der Waals surface area (Å²) in [5.41, 5.74) is 0.174. The Hall–Kier alpha value is -1.60. The Morgan fingerprint density at radius 1 is 1.47 bits per heavy atom. The van der Waals surface area contributed by atoms with Gasteiger partial charge in [0, 0.05) is 0 Å². The zero-order valence-corrected chi connectivity index (χ0v) is 8.65. The Balaban J connectivity index is 2.92. The topological polar surface area (TPSA) is 38.7 Å². The van der Waals surface area contributed by atoms with E-state index < -0.39 is 13.1 Å². The first kappa shape index (κ1) is 6.81. The van der Waals surface area contributed by atoms with Crippen molar-refractivity contribution in [1.29, 1.82) is 0 Å². The van der Waals surface area contributed by atoms with Crippen molar-refractivity contribution < 1.29 is 15.0 Å². The monoisotopic (exact) mass is 209 g/mol. The summed E-state index contributed by atoms with van der Waals surface area (Å²) in [5, 5.41) is 0. The van der Waals surface area contributed by atoms with E-state index in [1.807, 2.05) is 0 Å². The number of ether oxygens (including phenoxy) is 1. The summed E-state index contributed by atoms with van der Waals surface area (Å²) in [6.45, 7) is -0.545. The molecular weight excluding hydrogens is 190 g/mol. The third-order valence-electron chi connectivity index (χ3n) is 1.50. The van der Waals surface area contributed by atoms with Crippen molar-refractivity contribution >= 4 is 6.08 Å². The van der Waals surface area contributed by atoms with Crippen LogP contribution in [0.5, 0.6) is 5.75 Å². The molecule has 0 aliphatic heterocycles. The molecular formula is C12H15NO2. The first-order chi connectivity index (χ1) is 8.69. The average Bonchev–Trinajstić information content (AvgIpc) is 2.28. The normalized spacial score (nSPS) is 15.7. The van der Waals surface area contributed by atoms with E-state index >= 15 is 0 Å². The Morgan fingerprint density at radius 2 is 2.13 bits per heavy atom. The molecule has 1 rings (SSSR count). The van der Waals surface area contributed by atoms with Gasteiger partial charge in [-0.1, -0.05) is 26.0 Å². The first-order valence-electron chi connectivity index (χ1n) is 6.57. The second kappa shape index (κ2) is 5.99. The molecule has 80 valence electrons. The number of hydrogen-bond acceptors (Lipinski definition) is 3. The Kier molecular flexibility index (Phi) is 2.72. The lowest BCUT2D eigenvalue weighted by molar-refractivity contribution is 0.271. The highest BCUT2D eigenvalue weighted by Crippen LogP contribution is 2.13. The Labute approximate surface area is 95.4 Å². The van der Waals surface area contributed by atoms with Gasteiger partial charge in [0.25, 0.3) is 0 Å². The van der Waals surface area contributed by atoms with Crippen molar-refractivity contribution in [3.63, 3.8) is 0 Å². The quantitative estimate of drug-likeness (QED) is 0.552. The molecule has 0 saturated carbocycles. The maximum atomic E-state index is 10.1. The third-order valence-corrected chi connectivity index (χ3v) is 1.50. The number of carbonyl (C=O) groups excluding carboxylic acids is 1. The molecule has 0 amide bonds. The molecule has 0 unspecified atom stereocenters. The molecule has 15 heavy (non-hydrogen) atoms. The number of aliphatic imine (C=N–C) groups is 1. The lowest BCUT2D eigenvalue weighted by Crippen LogP contribution is -2.04. The van der Waals surface area contributed by atoms with E-state index in [0.29, 0.717) is 0 Å². The van der Waals surface area contributed by atoms with Crippen LogP contribution in [0.1, 0.15) is 24.9 Å². The van der Waals surface area contributed by atoms with Crippen LogP contribution in [0.25, 0.3) is 0 Å². The van der Waals surface area contributed by atoms with E-state index in [-0.39, 0.29) is 17.2 Å². The van der Waals surface area contributed by atoms with Crippen LogP contribution in [0.15, 0.2) is 29.3 Å². The lowest BCUT2D eigenvalue weighted by Gasteiger charge is -2.08. The van der Waals surface area contributed by atoms with Crippen molar-refractivity contribution in [3.05, 3.63) is 29.8 Å². The van der Waals surface area contributed by atoms with Gasteiger partial charge in [-0.25, -0.2) is 9.79 Å². The molecule has 0 heterocycles. The number of nitrogens with zero attached hydrogens (tertiary/aromatic N) is 1. The molecule has 0 N–H and O–H groups in total. The standard InChI is InChI=1S/C12H15NO2/c1-10(2)8-15-12-5-3-11(4-6-12)7-13-9-14/h3-6,10H,7-8H2,1-2H3/i7D2,8D2. The highest BCUT2D eigenvalue weighted by atomic mass is 16.5. The molecule has 1 aromatic rings. The lowest BCUT2D eigenvalue weighted by atomic mass is 10.2. The van der Waals surface area contributed by atoms with Gasteiger partial charge >= 0.3 is 0 Å². The maximum absolute atomic E-state index is 10.1. The van der Waals surface area contributed by atoms with Crippen LogP contribution in [0.2, 0.25) is 0 Å². The molecule has 0 atom stereocenters. The Bertz CT molecular complexity index is 479. The largest absolute Gasteiger partial charge is 0.493 e. The van der Waals surface area contributed by atoms with Crippen LogP contribution in [-0.2, 0) is 11.3 Å². The number of isocyanates is 1. The summed E-state index contributed by atoms with van der Waals surface area (Å²) in [5.74, 6) is -0.0355. The van der Waals surface area contributed by atoms with Crippen LogP contribution in [-0.4, -0.2) is 12.6 Å². The summed E-state index contributed by atoms with van der Waals surface area (Å²) in [4.78, 5) is 13.2. The van der Waals surface area contributed by atoms with Crippen molar-refractivity contribution in [2.24, 2.45) is 10.9 Å². The zero-order chi connectivity index (χ0) is 14.7. The average molecular weight is 209 g/mol. The first-order valence-corrected chi connectivity index (χ1v) is 4.57. The molecule has 0 radical (unpaired) electrons. The third kappa shape index (κ3) is 4.43. The van der Waals surface area contributed by atoms with Gasteiger partial charge in [0.1, 0.15) is 5.75 Å². The van der Waals surface area contributed by atoms with Crippen molar-refractivity contribution in [2.45, 2.75) is 20.3 Å². The fourth-order valence-electron chi connectivity index (χ4n) is 0.871. The molecule has 3 nitrogen and oxygen atoms in total. The predicted octanol–water partition coefficient (Wildman–Crippen LogP) is 2.56. The van der Waals surface area contributed by atoms with Crippen LogP contribution in [0, 0.1) is 5.92 Å². The van der Waals surface area contributed by atoms with E-state index in [0.717, 1.165) is 0 Å². The molecule has 0 spiro atoms. The van der Waals surface area contributed by atoms with Crippen molar-refractivity contribution in [3.8, 4) is 5.75 Å². The van der Waals surface area contributed by atoms with Crippen LogP contribution >= 0.6 is 0 Å². The second-order valence-electron chi connectivity index (χ2n) is 3.21. The van der Waals surface area contributed by atoms with Gasteiger partial charge in [-0.05, 0) is 23.6 Å². The van der Waals surface area contributed by atoms with Crippen LogP contribution in [0.4, 0.5) is 0 Å². The predicted molar refractivity (Wildman–Crippen MR) is 58.6 cm³/mol. The van der Waals surface area contributed by atoms with Gasteiger partial charge < -0.3 is 4.74 Å². The van der Waals surface area contributed by atoms with E-state index in [1.165, 1.54) is 30.3 Å². The van der Waals surface area contributed by atoms with Gasteiger partial charge in [-0.2, -0.15) is 0 Å². The van der Waals surface area contributed by atoms with Gasteiger partial charge in [-0.3, -0.25) is 0 Å². The summed E-state index contributed by atoms with van der Waals surface area (Å²) in [6.07, 6.45) is 1.18. The second-order valence-corrected chi connectivity index (χ2v) is 3.21. The smallest absolute Gasteiger partial charge is 0.235 e. The highest BCUT2D eigenvalue weighted by molar-refractivity contribution is 5.34. The summed E-state index contributed by atoms with van der Waals surface area (Å²) in [6, 6.07) is 5.67. The zero-order valence-electron chi connectivity index (χ0n) is 12.7. The minimum absolute atomic E-state index is 0.174. The Morgan fingerprint density at radius 3 is 2.67 bits per heavy atom. The fourth-order valence-corrected chi connectivity index (χ4v) is 0.871. The van der Waals surface area contributed by atoms with Gasteiger partial charge in [0.05, 0.1) is 18.5 Å². The number of hydrogen-bond donors (Lipinski definition) is 0. The number of benzene rings is 1. The van der Waals surface area contributed by atoms with E-state index in [9.17, 15) is 4.79 Å². The molecule has 0 aromatic heterocycles. The summed E-state index contributed by atoms with van der Waals surface area (Å²) in [7, 11) is 0. The van der Waals surface area contributed by atoms with Gasteiger partial charge in [0.15, 0.2) is 0 Å². The van der Waals surface area contributed by atoms with Crippen molar-refractivity contribution in [2.75, 3.05) is 6.56 Å². The molecule has 3 heteroatoms. The van der Waals surface area contributed by atoms with E-state index in [4.69, 9.17) is 10.2 Å². The summed E-state index contributed by atoms with van der Waals surface area (Å²) < 4.78 is 35.5. The molecule has 0 bridgehead atoms. The van der Waals surface area contributed by atoms with Crippen molar-refractivity contribution in [1.82, 2.24) is 0 Å². The highest BCUT2D eigenvalue weighted by Gasteiger charge is 1.97. The summed E-state index contributed by atoms with van der Waals surface area (Å²) >= 11 is 0. The molecule has 1 aromatic carbocycles. The van der Waals surface area contributed by atoms with Gasteiger partial charge in [-0.15, -0.1) is 0 Å². The molecule has 0 saturated heterocycles. The van der Waals surface area contributed by atoms with Crippen LogP contribution < -0.4 is 4.74 Å². The van der Waals surface area contributed by atoms with E-state index in [1.54, 1.807) is 13.8 Å². The van der Waals surface area contributed by atoms with E-state index in [2.05, 4.69) is 4.99 Å². The maximum Gasteiger partial charge on any atom is 0.235 e.